The van der Waals surface area contributed by atoms with Gasteiger partial charge in [0.25, 0.3) is 11.1 Å². The van der Waals surface area contributed by atoms with Crippen LogP contribution in [0.15, 0.2) is 47.4 Å². The maximum atomic E-state index is 12.7. The number of nitrogens with zero attached hydrogens (tertiary/aromatic N) is 1. The van der Waals surface area contributed by atoms with Crippen molar-refractivity contribution in [2.24, 2.45) is 0 Å². The number of amides is 2. The van der Waals surface area contributed by atoms with Crippen molar-refractivity contribution in [1.82, 2.24) is 4.90 Å². The molecule has 2 aromatic rings. The smallest absolute Gasteiger partial charge is 0.293 e. The van der Waals surface area contributed by atoms with Crippen LogP contribution in [0.5, 0.6) is 17.2 Å². The van der Waals surface area contributed by atoms with E-state index in [1.54, 1.807) is 48.5 Å². The lowest BCUT2D eigenvalue weighted by atomic mass is 10.1. The van der Waals surface area contributed by atoms with Crippen LogP contribution in [-0.4, -0.2) is 42.3 Å². The summed E-state index contributed by atoms with van der Waals surface area (Å²) in [6.07, 6.45) is 1.55. The van der Waals surface area contributed by atoms with Gasteiger partial charge >= 0.3 is 0 Å². The number of thioether (sulfide) groups is 1. The SMILES string of the molecule is COc1cc2c(cc1/C=C1\SC(=O)N(CC(=O)c3ccccc3)C1=O)OCO2. The third-order valence-corrected chi connectivity index (χ3v) is 5.19. The highest BCUT2D eigenvalue weighted by molar-refractivity contribution is 8.18. The lowest BCUT2D eigenvalue weighted by molar-refractivity contribution is -0.122. The number of ether oxygens (including phenoxy) is 3. The molecule has 2 aliphatic heterocycles. The maximum absolute atomic E-state index is 12.7. The van der Waals surface area contributed by atoms with Crippen molar-refractivity contribution in [2.45, 2.75) is 0 Å². The Bertz CT molecular complexity index is 1000. The number of hydrogen-bond donors (Lipinski definition) is 0. The second-order valence-corrected chi connectivity index (χ2v) is 7.00. The third-order valence-electron chi connectivity index (χ3n) is 4.28. The van der Waals surface area contributed by atoms with E-state index < -0.39 is 11.1 Å². The Balaban J connectivity index is 1.58. The van der Waals surface area contributed by atoms with E-state index in [2.05, 4.69) is 0 Å². The van der Waals surface area contributed by atoms with Crippen molar-refractivity contribution >= 4 is 34.8 Å². The predicted octanol–water partition coefficient (Wildman–Crippen LogP) is 3.34. The number of ketones is 1. The minimum absolute atomic E-state index is 0.111. The number of carbonyl (C=O) groups excluding carboxylic acids is 3. The molecule has 0 aromatic heterocycles. The lowest BCUT2D eigenvalue weighted by Crippen LogP contribution is -2.33. The van der Waals surface area contributed by atoms with Crippen LogP contribution in [0, 0.1) is 0 Å². The summed E-state index contributed by atoms with van der Waals surface area (Å²) >= 11 is 0.785. The molecular weight excluding hydrogens is 382 g/mol. The van der Waals surface area contributed by atoms with E-state index >= 15 is 0 Å². The molecule has 4 rings (SSSR count). The maximum Gasteiger partial charge on any atom is 0.293 e. The van der Waals surface area contributed by atoms with E-state index in [0.717, 1.165) is 16.7 Å². The van der Waals surface area contributed by atoms with Crippen molar-refractivity contribution in [2.75, 3.05) is 20.4 Å². The summed E-state index contributed by atoms with van der Waals surface area (Å²) in [5, 5.41) is -0.486. The molecular formula is C20H15NO6S. The van der Waals surface area contributed by atoms with Gasteiger partial charge in [0, 0.05) is 17.2 Å². The Morgan fingerprint density at radius 1 is 1.18 bits per heavy atom. The van der Waals surface area contributed by atoms with E-state index in [9.17, 15) is 14.4 Å². The van der Waals surface area contributed by atoms with Crippen LogP contribution in [0.2, 0.25) is 0 Å². The molecule has 8 heteroatoms. The average Bonchev–Trinajstić information content (AvgIpc) is 3.27. The van der Waals surface area contributed by atoms with Gasteiger partial charge in [0.1, 0.15) is 5.75 Å². The van der Waals surface area contributed by atoms with Crippen molar-refractivity contribution in [3.05, 3.63) is 58.5 Å². The monoisotopic (exact) mass is 397 g/mol. The van der Waals surface area contributed by atoms with Crippen LogP contribution in [0.1, 0.15) is 15.9 Å². The number of rotatable bonds is 5. The molecule has 7 nitrogen and oxygen atoms in total. The molecule has 2 aliphatic rings. The Morgan fingerprint density at radius 2 is 1.89 bits per heavy atom. The number of Topliss-reactive ketones (excluding diaryl/α,β-unsaturated/α-hetero) is 1. The highest BCUT2D eigenvalue weighted by atomic mass is 32.2. The molecule has 2 amide bonds. The summed E-state index contributed by atoms with van der Waals surface area (Å²) in [5.41, 5.74) is 1.02. The van der Waals surface area contributed by atoms with Crippen molar-refractivity contribution in [3.63, 3.8) is 0 Å². The average molecular weight is 397 g/mol. The first-order valence-corrected chi connectivity index (χ1v) is 9.19. The zero-order chi connectivity index (χ0) is 19.7. The van der Waals surface area contributed by atoms with Gasteiger partial charge in [0.2, 0.25) is 6.79 Å². The van der Waals surface area contributed by atoms with Crippen LogP contribution in [-0.2, 0) is 4.79 Å². The first-order chi connectivity index (χ1) is 13.6. The van der Waals surface area contributed by atoms with Gasteiger partial charge in [-0.05, 0) is 23.9 Å². The normalized spacial score (nSPS) is 16.8. The van der Waals surface area contributed by atoms with Crippen molar-refractivity contribution in [3.8, 4) is 17.2 Å². The van der Waals surface area contributed by atoms with Crippen LogP contribution >= 0.6 is 11.8 Å². The molecule has 142 valence electrons. The van der Waals surface area contributed by atoms with Crippen LogP contribution in [0.4, 0.5) is 4.79 Å². The molecule has 28 heavy (non-hydrogen) atoms. The van der Waals surface area contributed by atoms with Gasteiger partial charge in [-0.25, -0.2) is 0 Å². The van der Waals surface area contributed by atoms with E-state index in [1.807, 2.05) is 0 Å². The topological polar surface area (TPSA) is 82.1 Å². The molecule has 1 saturated heterocycles. The second kappa shape index (κ2) is 7.40. The predicted molar refractivity (Wildman–Crippen MR) is 103 cm³/mol. The fourth-order valence-corrected chi connectivity index (χ4v) is 3.69. The molecule has 0 atom stereocenters. The van der Waals surface area contributed by atoms with E-state index in [0.29, 0.717) is 28.4 Å². The number of carbonyl (C=O) groups is 3. The quantitative estimate of drug-likeness (QED) is 0.565. The molecule has 1 fully saturated rings. The summed E-state index contributed by atoms with van der Waals surface area (Å²) in [6.45, 7) is -0.190. The lowest BCUT2D eigenvalue weighted by Gasteiger charge is -2.11. The fraction of sp³-hybridized carbons (Fsp3) is 0.150. The van der Waals surface area contributed by atoms with E-state index in [4.69, 9.17) is 14.2 Å². The third kappa shape index (κ3) is 3.34. The zero-order valence-electron chi connectivity index (χ0n) is 14.8. The molecule has 0 bridgehead atoms. The zero-order valence-corrected chi connectivity index (χ0v) is 15.7. The summed E-state index contributed by atoms with van der Waals surface area (Å²) in [7, 11) is 1.50. The molecule has 2 heterocycles. The van der Waals surface area contributed by atoms with Gasteiger partial charge in [-0.2, -0.15) is 0 Å². The first-order valence-electron chi connectivity index (χ1n) is 8.38. The van der Waals surface area contributed by atoms with Gasteiger partial charge in [0.15, 0.2) is 17.3 Å². The second-order valence-electron chi connectivity index (χ2n) is 6.00. The Morgan fingerprint density at radius 3 is 2.61 bits per heavy atom. The molecule has 2 aromatic carbocycles. The highest BCUT2D eigenvalue weighted by Crippen LogP contribution is 2.40. The van der Waals surface area contributed by atoms with Gasteiger partial charge in [-0.1, -0.05) is 30.3 Å². The number of methoxy groups -OCH3 is 1. The molecule has 0 radical (unpaired) electrons. The summed E-state index contributed by atoms with van der Waals surface area (Å²) in [5.74, 6) is 0.751. The minimum atomic E-state index is -0.515. The Kier molecular flexibility index (Phi) is 4.79. The standard InChI is InChI=1S/C20H15NO6S/c1-25-15-9-17-16(26-11-27-17)7-13(15)8-18-19(23)21(20(24)28-18)10-14(22)12-5-3-2-4-6-12/h2-9H,10-11H2,1H3/b18-8-. The summed E-state index contributed by atoms with van der Waals surface area (Å²) in [4.78, 5) is 38.5. The number of fused-ring (bicyclic) bond motifs is 1. The van der Waals surface area contributed by atoms with Gasteiger partial charge in [-0.15, -0.1) is 0 Å². The summed E-state index contributed by atoms with van der Waals surface area (Å²) < 4.78 is 16.0. The van der Waals surface area contributed by atoms with E-state index in [-0.39, 0.29) is 24.0 Å². The van der Waals surface area contributed by atoms with E-state index in [1.165, 1.54) is 7.11 Å². The molecule has 0 spiro atoms. The molecule has 0 saturated carbocycles. The number of benzene rings is 2. The Labute approximate surface area is 164 Å². The number of imide groups is 1. The van der Waals surface area contributed by atoms with Crippen LogP contribution < -0.4 is 14.2 Å². The highest BCUT2D eigenvalue weighted by Gasteiger charge is 2.36. The Hall–Kier alpha value is -3.26. The fourth-order valence-electron chi connectivity index (χ4n) is 2.87. The largest absolute Gasteiger partial charge is 0.496 e. The molecule has 0 N–H and O–H groups in total. The first kappa shape index (κ1) is 18.1. The van der Waals surface area contributed by atoms with Crippen LogP contribution in [0.25, 0.3) is 6.08 Å². The van der Waals surface area contributed by atoms with Crippen molar-refractivity contribution in [1.29, 1.82) is 0 Å². The van der Waals surface area contributed by atoms with Gasteiger partial charge < -0.3 is 14.2 Å². The van der Waals surface area contributed by atoms with Crippen LogP contribution in [0.3, 0.4) is 0 Å². The van der Waals surface area contributed by atoms with Gasteiger partial charge in [-0.3, -0.25) is 19.3 Å². The minimum Gasteiger partial charge on any atom is -0.496 e. The van der Waals surface area contributed by atoms with Crippen molar-refractivity contribution < 1.29 is 28.6 Å². The number of hydrogen-bond acceptors (Lipinski definition) is 7. The molecule has 0 aliphatic carbocycles. The molecule has 0 unspecified atom stereocenters. The van der Waals surface area contributed by atoms with Gasteiger partial charge in [0.05, 0.1) is 18.6 Å². The summed E-state index contributed by atoms with van der Waals surface area (Å²) in [6, 6.07) is 11.9.